The minimum Gasteiger partial charge on any atom is -0.392 e. The molecule has 3 rings (SSSR count). The first-order valence-corrected chi connectivity index (χ1v) is 8.43. The molecule has 0 bridgehead atoms. The predicted octanol–water partition coefficient (Wildman–Crippen LogP) is 0.351. The van der Waals surface area contributed by atoms with E-state index in [1.54, 1.807) is 23.1 Å². The number of carbonyl (C=O) groups is 1. The van der Waals surface area contributed by atoms with Gasteiger partial charge in [0.05, 0.1) is 11.0 Å². The molecule has 114 valence electrons. The molecule has 2 heterocycles. The number of nitrogens with zero attached hydrogens (tertiary/aromatic N) is 2. The van der Waals surface area contributed by atoms with E-state index in [1.807, 2.05) is 0 Å². The van der Waals surface area contributed by atoms with Gasteiger partial charge in [-0.25, -0.2) is 8.42 Å². The molecule has 0 spiro atoms. The smallest absolute Gasteiger partial charge is 0.243 e. The molecule has 1 saturated heterocycles. The number of aliphatic hydroxyl groups excluding tert-OH is 1. The molecule has 0 radical (unpaired) electrons. The van der Waals surface area contributed by atoms with Crippen molar-refractivity contribution in [1.82, 2.24) is 4.31 Å². The van der Waals surface area contributed by atoms with E-state index in [0.717, 1.165) is 12.0 Å². The van der Waals surface area contributed by atoms with Crippen LogP contribution < -0.4 is 4.90 Å². The summed E-state index contributed by atoms with van der Waals surface area (Å²) < 4.78 is 26.4. The van der Waals surface area contributed by atoms with Gasteiger partial charge in [0.15, 0.2) is 0 Å². The Kier molecular flexibility index (Phi) is 3.51. The summed E-state index contributed by atoms with van der Waals surface area (Å²) in [5.41, 5.74) is 1.67. The number of anilines is 1. The number of sulfonamides is 1. The number of rotatable bonds is 2. The molecular weight excluding hydrogens is 292 g/mol. The van der Waals surface area contributed by atoms with Crippen molar-refractivity contribution in [3.63, 3.8) is 0 Å². The van der Waals surface area contributed by atoms with Gasteiger partial charge in [0.25, 0.3) is 0 Å². The molecule has 7 heteroatoms. The molecule has 1 N–H and O–H groups in total. The second-order valence-electron chi connectivity index (χ2n) is 5.52. The predicted molar refractivity (Wildman–Crippen MR) is 77.6 cm³/mol. The highest BCUT2D eigenvalue weighted by molar-refractivity contribution is 7.89. The van der Waals surface area contributed by atoms with E-state index in [2.05, 4.69) is 0 Å². The fourth-order valence-corrected chi connectivity index (χ4v) is 4.44. The fourth-order valence-electron chi connectivity index (χ4n) is 2.92. The van der Waals surface area contributed by atoms with Gasteiger partial charge in [-0.05, 0) is 30.5 Å². The van der Waals surface area contributed by atoms with Crippen molar-refractivity contribution in [2.24, 2.45) is 0 Å². The molecule has 2 aliphatic heterocycles. The molecule has 0 aliphatic carbocycles. The highest BCUT2D eigenvalue weighted by Crippen LogP contribution is 2.32. The van der Waals surface area contributed by atoms with Crippen molar-refractivity contribution in [2.45, 2.75) is 30.8 Å². The number of fused-ring (bicyclic) bond motifs is 1. The zero-order valence-corrected chi connectivity index (χ0v) is 12.6. The van der Waals surface area contributed by atoms with Crippen LogP contribution in [0.5, 0.6) is 0 Å². The summed E-state index contributed by atoms with van der Waals surface area (Å²) in [6.07, 6.45) is 0.615. The van der Waals surface area contributed by atoms with Gasteiger partial charge in [0, 0.05) is 32.2 Å². The van der Waals surface area contributed by atoms with Gasteiger partial charge in [0.2, 0.25) is 15.9 Å². The van der Waals surface area contributed by atoms with Crippen molar-refractivity contribution in [2.75, 3.05) is 24.5 Å². The Morgan fingerprint density at radius 3 is 2.71 bits per heavy atom. The van der Waals surface area contributed by atoms with Crippen molar-refractivity contribution in [3.8, 4) is 0 Å². The lowest BCUT2D eigenvalue weighted by Gasteiger charge is -2.18. The maximum Gasteiger partial charge on any atom is 0.243 e. The molecule has 6 nitrogen and oxygen atoms in total. The van der Waals surface area contributed by atoms with E-state index in [-0.39, 0.29) is 17.3 Å². The summed E-state index contributed by atoms with van der Waals surface area (Å²) in [5, 5.41) is 9.52. The summed E-state index contributed by atoms with van der Waals surface area (Å²) in [4.78, 5) is 13.4. The Hall–Kier alpha value is -1.44. The van der Waals surface area contributed by atoms with Crippen molar-refractivity contribution in [3.05, 3.63) is 23.8 Å². The quantitative estimate of drug-likeness (QED) is 0.855. The summed E-state index contributed by atoms with van der Waals surface area (Å²) in [6, 6.07) is 4.93. The highest BCUT2D eigenvalue weighted by Gasteiger charge is 2.33. The van der Waals surface area contributed by atoms with Crippen molar-refractivity contribution in [1.29, 1.82) is 0 Å². The molecule has 0 aromatic heterocycles. The molecule has 1 aromatic carbocycles. The van der Waals surface area contributed by atoms with E-state index in [1.165, 1.54) is 11.2 Å². The van der Waals surface area contributed by atoms with Crippen LogP contribution in [0.4, 0.5) is 5.69 Å². The maximum atomic E-state index is 12.6. The summed E-state index contributed by atoms with van der Waals surface area (Å²) in [6.45, 7) is 2.54. The average Bonchev–Trinajstić information content (AvgIpc) is 3.03. The molecule has 1 fully saturated rings. The van der Waals surface area contributed by atoms with Crippen molar-refractivity contribution >= 4 is 21.6 Å². The summed E-state index contributed by atoms with van der Waals surface area (Å²) >= 11 is 0. The lowest BCUT2D eigenvalue weighted by atomic mass is 10.2. The summed E-state index contributed by atoms with van der Waals surface area (Å²) in [7, 11) is -3.61. The van der Waals surface area contributed by atoms with E-state index in [4.69, 9.17) is 0 Å². The third kappa shape index (κ3) is 2.45. The number of benzene rings is 1. The van der Waals surface area contributed by atoms with E-state index >= 15 is 0 Å². The minimum absolute atomic E-state index is 0.0834. The molecular formula is C14H18N2O4S. The lowest BCUT2D eigenvalue weighted by Crippen LogP contribution is -2.30. The van der Waals surface area contributed by atoms with Gasteiger partial charge in [0.1, 0.15) is 0 Å². The molecule has 1 amide bonds. The van der Waals surface area contributed by atoms with Gasteiger partial charge < -0.3 is 10.0 Å². The average molecular weight is 310 g/mol. The van der Waals surface area contributed by atoms with E-state index in [9.17, 15) is 18.3 Å². The van der Waals surface area contributed by atoms with Crippen LogP contribution in [-0.4, -0.2) is 49.5 Å². The topological polar surface area (TPSA) is 77.9 Å². The minimum atomic E-state index is -3.61. The normalized spacial score (nSPS) is 22.6. The third-order valence-electron chi connectivity index (χ3n) is 4.10. The zero-order chi connectivity index (χ0) is 15.2. The van der Waals surface area contributed by atoms with Crippen molar-refractivity contribution < 1.29 is 18.3 Å². The number of β-amino-alcohol motifs (C(OH)–C–C–N with tert-alkyl or cyclic N) is 1. The first-order chi connectivity index (χ1) is 9.89. The second kappa shape index (κ2) is 5.08. The Morgan fingerprint density at radius 2 is 2.10 bits per heavy atom. The third-order valence-corrected chi connectivity index (χ3v) is 5.96. The van der Waals surface area contributed by atoms with Crippen LogP contribution >= 0.6 is 0 Å². The largest absolute Gasteiger partial charge is 0.392 e. The Balaban J connectivity index is 1.97. The Bertz CT molecular complexity index is 686. The number of amides is 1. The van der Waals surface area contributed by atoms with Crippen LogP contribution in [0.2, 0.25) is 0 Å². The fraction of sp³-hybridized carbons (Fsp3) is 0.500. The maximum absolute atomic E-state index is 12.6. The molecule has 1 aromatic rings. The van der Waals surface area contributed by atoms with Crippen LogP contribution in [0, 0.1) is 0 Å². The van der Waals surface area contributed by atoms with Crippen LogP contribution in [-0.2, 0) is 21.2 Å². The molecule has 0 unspecified atom stereocenters. The number of hydrogen-bond acceptors (Lipinski definition) is 4. The molecule has 1 atom stereocenters. The van der Waals surface area contributed by atoms with Gasteiger partial charge in [-0.15, -0.1) is 0 Å². The molecule has 21 heavy (non-hydrogen) atoms. The molecule has 2 aliphatic rings. The second-order valence-corrected chi connectivity index (χ2v) is 7.45. The van der Waals surface area contributed by atoms with Crippen LogP contribution in [0.15, 0.2) is 23.1 Å². The SMILES string of the molecule is CC(=O)N1CCc2ccc(S(=O)(=O)N3CC[C@@H](O)C3)cc21. The number of aliphatic hydroxyl groups is 1. The number of carbonyl (C=O) groups excluding carboxylic acids is 1. The Labute approximate surface area is 124 Å². The monoisotopic (exact) mass is 310 g/mol. The van der Waals surface area contributed by atoms with Gasteiger partial charge in [-0.1, -0.05) is 6.07 Å². The van der Waals surface area contributed by atoms with Gasteiger partial charge in [-0.2, -0.15) is 4.31 Å². The first-order valence-electron chi connectivity index (χ1n) is 6.99. The van der Waals surface area contributed by atoms with Crippen LogP contribution in [0.25, 0.3) is 0 Å². The van der Waals surface area contributed by atoms with Crippen LogP contribution in [0.1, 0.15) is 18.9 Å². The van der Waals surface area contributed by atoms with E-state index < -0.39 is 16.1 Å². The van der Waals surface area contributed by atoms with E-state index in [0.29, 0.717) is 25.2 Å². The summed E-state index contributed by atoms with van der Waals surface area (Å²) in [5.74, 6) is -0.0834. The highest BCUT2D eigenvalue weighted by atomic mass is 32.2. The first kappa shape index (κ1) is 14.5. The van der Waals surface area contributed by atoms with Crippen LogP contribution in [0.3, 0.4) is 0 Å². The van der Waals surface area contributed by atoms with Gasteiger partial charge in [-0.3, -0.25) is 4.79 Å². The standard InChI is InChI=1S/C14H18N2O4S/c1-10(17)16-7-4-11-2-3-13(8-14(11)16)21(19,20)15-6-5-12(18)9-15/h2-3,8,12,18H,4-7,9H2,1H3/t12-/m1/s1. The zero-order valence-electron chi connectivity index (χ0n) is 11.8. The van der Waals surface area contributed by atoms with Gasteiger partial charge >= 0.3 is 0 Å². The number of hydrogen-bond donors (Lipinski definition) is 1. The Morgan fingerprint density at radius 1 is 1.33 bits per heavy atom. The molecule has 0 saturated carbocycles. The lowest BCUT2D eigenvalue weighted by molar-refractivity contribution is -0.116.